The molecule has 0 saturated carbocycles. The SMILES string of the molecule is CCOC(=O)CCN(C(=O)Cc1ccc(Cl)cc1)C(CC)CO. The minimum absolute atomic E-state index is 0.122. The number of rotatable bonds is 9. The maximum absolute atomic E-state index is 12.6. The van der Waals surface area contributed by atoms with E-state index in [0.717, 1.165) is 5.56 Å². The molecule has 0 radical (unpaired) electrons. The van der Waals surface area contributed by atoms with Gasteiger partial charge >= 0.3 is 5.97 Å². The first-order valence-corrected chi connectivity index (χ1v) is 8.19. The number of nitrogens with zero attached hydrogens (tertiary/aromatic N) is 1. The molecule has 1 amide bonds. The third kappa shape index (κ3) is 6.59. The Morgan fingerprint density at radius 2 is 1.91 bits per heavy atom. The molecule has 5 nitrogen and oxygen atoms in total. The fourth-order valence-corrected chi connectivity index (χ4v) is 2.41. The zero-order valence-corrected chi connectivity index (χ0v) is 14.4. The van der Waals surface area contributed by atoms with Crippen molar-refractivity contribution in [2.45, 2.75) is 39.2 Å². The van der Waals surface area contributed by atoms with Crippen LogP contribution in [0.3, 0.4) is 0 Å². The molecule has 0 heterocycles. The monoisotopic (exact) mass is 341 g/mol. The fraction of sp³-hybridized carbons (Fsp3) is 0.529. The molecule has 1 unspecified atom stereocenters. The second-order valence-electron chi connectivity index (χ2n) is 5.19. The summed E-state index contributed by atoms with van der Waals surface area (Å²) in [7, 11) is 0. The molecule has 0 saturated heterocycles. The van der Waals surface area contributed by atoms with E-state index in [2.05, 4.69) is 0 Å². The topological polar surface area (TPSA) is 66.8 Å². The number of hydrogen-bond acceptors (Lipinski definition) is 4. The summed E-state index contributed by atoms with van der Waals surface area (Å²) in [6.45, 7) is 4.06. The van der Waals surface area contributed by atoms with Crippen LogP contribution in [0.25, 0.3) is 0 Å². The molecule has 0 fully saturated rings. The van der Waals surface area contributed by atoms with Crippen molar-refractivity contribution < 1.29 is 19.4 Å². The van der Waals surface area contributed by atoms with Crippen LogP contribution >= 0.6 is 11.6 Å². The standard InChI is InChI=1S/C17H24ClNO4/c1-3-15(12-20)19(10-9-17(22)23-4-2)16(21)11-13-5-7-14(18)8-6-13/h5-8,15,20H,3-4,9-12H2,1-2H3. The fourth-order valence-electron chi connectivity index (χ4n) is 2.28. The molecule has 1 atom stereocenters. The smallest absolute Gasteiger partial charge is 0.307 e. The predicted octanol–water partition coefficient (Wildman–Crippen LogP) is 2.44. The number of halogens is 1. The van der Waals surface area contributed by atoms with E-state index in [1.807, 2.05) is 6.92 Å². The van der Waals surface area contributed by atoms with Crippen LogP contribution < -0.4 is 0 Å². The minimum atomic E-state index is -0.343. The van der Waals surface area contributed by atoms with Gasteiger partial charge in [0.1, 0.15) is 0 Å². The molecule has 128 valence electrons. The largest absolute Gasteiger partial charge is 0.466 e. The molecule has 1 N–H and O–H groups in total. The zero-order valence-electron chi connectivity index (χ0n) is 13.6. The van der Waals surface area contributed by atoms with Crippen molar-refractivity contribution in [1.82, 2.24) is 4.90 Å². The van der Waals surface area contributed by atoms with Crippen LogP contribution in [0.2, 0.25) is 5.02 Å². The summed E-state index contributed by atoms with van der Waals surface area (Å²) in [6.07, 6.45) is 0.943. The van der Waals surface area contributed by atoms with Crippen molar-refractivity contribution in [3.05, 3.63) is 34.9 Å². The number of amides is 1. The highest BCUT2D eigenvalue weighted by molar-refractivity contribution is 6.30. The molecular weight excluding hydrogens is 318 g/mol. The van der Waals surface area contributed by atoms with Crippen molar-refractivity contribution in [2.75, 3.05) is 19.8 Å². The highest BCUT2D eigenvalue weighted by atomic mass is 35.5. The third-order valence-electron chi connectivity index (χ3n) is 3.57. The maximum atomic E-state index is 12.6. The van der Waals surface area contributed by atoms with Crippen molar-refractivity contribution in [3.63, 3.8) is 0 Å². The Morgan fingerprint density at radius 3 is 2.43 bits per heavy atom. The van der Waals surface area contributed by atoms with E-state index in [1.165, 1.54) is 0 Å². The van der Waals surface area contributed by atoms with Crippen LogP contribution in [0.15, 0.2) is 24.3 Å². The second-order valence-corrected chi connectivity index (χ2v) is 5.63. The minimum Gasteiger partial charge on any atom is -0.466 e. The molecule has 0 aliphatic heterocycles. The molecule has 1 aromatic rings. The first-order chi connectivity index (χ1) is 11.0. The number of carbonyl (C=O) groups excluding carboxylic acids is 2. The van der Waals surface area contributed by atoms with E-state index in [9.17, 15) is 14.7 Å². The number of aliphatic hydroxyl groups excluding tert-OH is 1. The van der Waals surface area contributed by atoms with E-state index in [0.29, 0.717) is 18.1 Å². The summed E-state index contributed by atoms with van der Waals surface area (Å²) in [4.78, 5) is 25.6. The first-order valence-electron chi connectivity index (χ1n) is 7.82. The lowest BCUT2D eigenvalue weighted by atomic mass is 10.1. The third-order valence-corrected chi connectivity index (χ3v) is 3.83. The van der Waals surface area contributed by atoms with Gasteiger partial charge in [-0.25, -0.2) is 0 Å². The highest BCUT2D eigenvalue weighted by Crippen LogP contribution is 2.13. The molecule has 23 heavy (non-hydrogen) atoms. The summed E-state index contributed by atoms with van der Waals surface area (Å²) in [5.41, 5.74) is 0.841. The summed E-state index contributed by atoms with van der Waals surface area (Å²) < 4.78 is 4.90. The Bertz CT molecular complexity index is 500. The molecule has 0 aromatic heterocycles. The number of carbonyl (C=O) groups is 2. The Kier molecular flexibility index (Phi) is 8.66. The van der Waals surface area contributed by atoms with Gasteiger partial charge in [-0.3, -0.25) is 9.59 Å². The van der Waals surface area contributed by atoms with Gasteiger partial charge in [-0.1, -0.05) is 30.7 Å². The van der Waals surface area contributed by atoms with Crippen molar-refractivity contribution in [3.8, 4) is 0 Å². The average Bonchev–Trinajstić information content (AvgIpc) is 2.53. The van der Waals surface area contributed by atoms with Crippen molar-refractivity contribution in [2.24, 2.45) is 0 Å². The van der Waals surface area contributed by atoms with E-state index >= 15 is 0 Å². The summed E-state index contributed by atoms with van der Waals surface area (Å²) >= 11 is 5.84. The average molecular weight is 342 g/mol. The second kappa shape index (κ2) is 10.2. The lowest BCUT2D eigenvalue weighted by Gasteiger charge is -2.30. The molecule has 0 spiro atoms. The van der Waals surface area contributed by atoms with Crippen LogP contribution in [0.5, 0.6) is 0 Å². The molecule has 6 heteroatoms. The molecule has 0 bridgehead atoms. The van der Waals surface area contributed by atoms with Crippen LogP contribution in [0.4, 0.5) is 0 Å². The Morgan fingerprint density at radius 1 is 1.26 bits per heavy atom. The molecular formula is C17H24ClNO4. The van der Waals surface area contributed by atoms with E-state index in [1.54, 1.807) is 36.1 Å². The lowest BCUT2D eigenvalue weighted by molar-refractivity contribution is -0.144. The van der Waals surface area contributed by atoms with Crippen LogP contribution in [-0.4, -0.2) is 47.7 Å². The number of benzene rings is 1. The number of hydrogen-bond donors (Lipinski definition) is 1. The zero-order chi connectivity index (χ0) is 17.2. The van der Waals surface area contributed by atoms with Crippen LogP contribution in [0, 0.1) is 0 Å². The Hall–Kier alpha value is -1.59. The van der Waals surface area contributed by atoms with E-state index < -0.39 is 0 Å². The normalized spacial score (nSPS) is 11.8. The van der Waals surface area contributed by atoms with Gasteiger partial charge < -0.3 is 14.7 Å². The molecule has 0 aliphatic carbocycles. The Labute approximate surface area is 142 Å². The van der Waals surface area contributed by atoms with Gasteiger partial charge in [-0.15, -0.1) is 0 Å². The van der Waals surface area contributed by atoms with Crippen molar-refractivity contribution in [1.29, 1.82) is 0 Å². The van der Waals surface area contributed by atoms with Gasteiger partial charge in [-0.2, -0.15) is 0 Å². The van der Waals surface area contributed by atoms with Gasteiger partial charge in [0.2, 0.25) is 5.91 Å². The Balaban J connectivity index is 2.75. The quantitative estimate of drug-likeness (QED) is 0.700. The van der Waals surface area contributed by atoms with Gasteiger partial charge in [0.15, 0.2) is 0 Å². The molecule has 1 aromatic carbocycles. The van der Waals surface area contributed by atoms with Crippen molar-refractivity contribution >= 4 is 23.5 Å². The number of ether oxygens (including phenoxy) is 1. The first kappa shape index (κ1) is 19.5. The highest BCUT2D eigenvalue weighted by Gasteiger charge is 2.22. The predicted molar refractivity (Wildman–Crippen MR) is 89.3 cm³/mol. The molecule has 1 rings (SSSR count). The van der Waals surface area contributed by atoms with Gasteiger partial charge in [-0.05, 0) is 31.0 Å². The van der Waals surface area contributed by atoms with Gasteiger partial charge in [0, 0.05) is 11.6 Å². The summed E-state index contributed by atoms with van der Waals surface area (Å²) in [6, 6.07) is 6.75. The maximum Gasteiger partial charge on any atom is 0.307 e. The van der Waals surface area contributed by atoms with Crippen LogP contribution in [0.1, 0.15) is 32.3 Å². The lowest BCUT2D eigenvalue weighted by Crippen LogP contribution is -2.44. The van der Waals surface area contributed by atoms with E-state index in [-0.39, 0.29) is 43.9 Å². The number of aliphatic hydroxyl groups is 1. The van der Waals surface area contributed by atoms with Gasteiger partial charge in [0.05, 0.1) is 32.1 Å². The number of esters is 1. The van der Waals surface area contributed by atoms with Gasteiger partial charge in [0.25, 0.3) is 0 Å². The summed E-state index contributed by atoms with van der Waals surface area (Å²) in [5, 5.41) is 10.1. The van der Waals surface area contributed by atoms with Crippen LogP contribution in [-0.2, 0) is 20.7 Å². The van der Waals surface area contributed by atoms with E-state index in [4.69, 9.17) is 16.3 Å². The molecule has 0 aliphatic rings. The summed E-state index contributed by atoms with van der Waals surface area (Å²) in [5.74, 6) is -0.470.